The minimum Gasteiger partial charge on any atom is -0.428 e. The maximum Gasteiger partial charge on any atom is 0.109 e. The second kappa shape index (κ2) is 2.09. The standard InChI is InChI=1S/C5H6NO4S2/c7-11(8)4-2-1-3-5(4)12(9,10)6-11/h1-3H2/q-1. The number of hydrogen-bond acceptors (Lipinski definition) is 4. The Bertz CT molecular complexity index is 414. The maximum atomic E-state index is 11.1. The van der Waals surface area contributed by atoms with Crippen molar-refractivity contribution in [1.29, 1.82) is 0 Å². The molecule has 0 amide bonds. The van der Waals surface area contributed by atoms with Crippen molar-refractivity contribution in [3.05, 3.63) is 13.9 Å². The molecule has 0 aromatic carbocycles. The van der Waals surface area contributed by atoms with Crippen LogP contribution in [-0.4, -0.2) is 16.8 Å². The molecule has 0 bridgehead atoms. The number of allylic oxidation sites excluding steroid dienone is 2. The molecule has 5 nitrogen and oxygen atoms in total. The Morgan fingerprint density at radius 1 is 0.917 bits per heavy atom. The summed E-state index contributed by atoms with van der Waals surface area (Å²) < 4.78 is 47.0. The Morgan fingerprint density at radius 2 is 1.33 bits per heavy atom. The van der Waals surface area contributed by atoms with Gasteiger partial charge in [0, 0.05) is 9.81 Å². The van der Waals surface area contributed by atoms with E-state index in [-0.39, 0.29) is 9.81 Å². The molecular formula is C5H6NO4S2-. The predicted molar refractivity (Wildman–Crippen MR) is 42.1 cm³/mol. The molecule has 0 atom stereocenters. The highest BCUT2D eigenvalue weighted by molar-refractivity contribution is 8.18. The smallest absolute Gasteiger partial charge is 0.109 e. The van der Waals surface area contributed by atoms with Gasteiger partial charge in [0.05, 0.1) is 0 Å². The van der Waals surface area contributed by atoms with E-state index < -0.39 is 20.0 Å². The molecule has 1 aliphatic carbocycles. The molecule has 2 aliphatic rings. The molecule has 1 heterocycles. The highest BCUT2D eigenvalue weighted by Crippen LogP contribution is 2.44. The molecule has 68 valence electrons. The first-order valence-electron chi connectivity index (χ1n) is 3.40. The zero-order valence-electron chi connectivity index (χ0n) is 6.02. The normalized spacial score (nSPS) is 30.7. The van der Waals surface area contributed by atoms with Crippen LogP contribution in [0.5, 0.6) is 0 Å². The van der Waals surface area contributed by atoms with Crippen LogP contribution in [0.2, 0.25) is 0 Å². The summed E-state index contributed by atoms with van der Waals surface area (Å²) in [4.78, 5) is 0.0324. The second-order valence-corrected chi connectivity index (χ2v) is 6.21. The average molecular weight is 208 g/mol. The van der Waals surface area contributed by atoms with Crippen molar-refractivity contribution in [1.82, 2.24) is 0 Å². The number of hydrogen-bond donors (Lipinski definition) is 0. The molecule has 0 saturated heterocycles. The quantitative estimate of drug-likeness (QED) is 0.578. The molecule has 7 heteroatoms. The largest absolute Gasteiger partial charge is 0.428 e. The van der Waals surface area contributed by atoms with Gasteiger partial charge in [-0.1, -0.05) is 0 Å². The van der Waals surface area contributed by atoms with Gasteiger partial charge in [0.1, 0.15) is 20.0 Å². The lowest BCUT2D eigenvalue weighted by atomic mass is 10.4. The summed E-state index contributed by atoms with van der Waals surface area (Å²) in [7, 11) is -7.63. The topological polar surface area (TPSA) is 82.4 Å². The zero-order valence-corrected chi connectivity index (χ0v) is 7.65. The molecule has 0 N–H and O–H groups in total. The van der Waals surface area contributed by atoms with Crippen LogP contribution in [0.25, 0.3) is 4.13 Å². The van der Waals surface area contributed by atoms with Crippen LogP contribution in [0.3, 0.4) is 0 Å². The molecule has 0 unspecified atom stereocenters. The Labute approximate surface area is 70.6 Å². The fourth-order valence-electron chi connectivity index (χ4n) is 1.45. The highest BCUT2D eigenvalue weighted by Gasteiger charge is 2.33. The van der Waals surface area contributed by atoms with Crippen LogP contribution in [0.4, 0.5) is 0 Å². The van der Waals surface area contributed by atoms with Gasteiger partial charge < -0.3 is 4.13 Å². The van der Waals surface area contributed by atoms with Crippen molar-refractivity contribution in [3.63, 3.8) is 0 Å². The Balaban J connectivity index is 2.75. The van der Waals surface area contributed by atoms with Gasteiger partial charge in [-0.15, -0.1) is 0 Å². The van der Waals surface area contributed by atoms with E-state index in [1.165, 1.54) is 0 Å². The minimum absolute atomic E-state index is 0.0162. The molecule has 12 heavy (non-hydrogen) atoms. The summed E-state index contributed by atoms with van der Waals surface area (Å²) >= 11 is 0. The van der Waals surface area contributed by atoms with Crippen molar-refractivity contribution in [2.75, 3.05) is 0 Å². The van der Waals surface area contributed by atoms with Gasteiger partial charge in [0.15, 0.2) is 0 Å². The van der Waals surface area contributed by atoms with E-state index >= 15 is 0 Å². The van der Waals surface area contributed by atoms with Crippen LogP contribution in [0.15, 0.2) is 9.81 Å². The van der Waals surface area contributed by atoms with Crippen molar-refractivity contribution >= 4 is 20.0 Å². The van der Waals surface area contributed by atoms with Gasteiger partial charge in [-0.25, -0.2) is 16.8 Å². The Morgan fingerprint density at radius 3 is 1.75 bits per heavy atom. The predicted octanol–water partition coefficient (Wildman–Crippen LogP) is 0.429. The number of sulfonamides is 2. The first-order valence-corrected chi connectivity index (χ1v) is 6.28. The fraction of sp³-hybridized carbons (Fsp3) is 0.600. The van der Waals surface area contributed by atoms with Crippen molar-refractivity contribution in [2.45, 2.75) is 19.3 Å². The summed E-state index contributed by atoms with van der Waals surface area (Å²) in [5.41, 5.74) is 0. The van der Waals surface area contributed by atoms with E-state index in [0.717, 1.165) is 0 Å². The van der Waals surface area contributed by atoms with E-state index in [1.54, 1.807) is 0 Å². The maximum absolute atomic E-state index is 11.1. The van der Waals surface area contributed by atoms with E-state index in [1.807, 2.05) is 0 Å². The molecule has 2 rings (SSSR count). The van der Waals surface area contributed by atoms with Gasteiger partial charge in [-0.3, -0.25) is 0 Å². The molecule has 0 fully saturated rings. The van der Waals surface area contributed by atoms with Crippen LogP contribution in [0.1, 0.15) is 19.3 Å². The lowest BCUT2D eigenvalue weighted by molar-refractivity contribution is 0.603. The average Bonchev–Trinajstić information content (AvgIpc) is 2.34. The molecule has 0 aromatic rings. The van der Waals surface area contributed by atoms with E-state index in [9.17, 15) is 16.8 Å². The third-order valence-corrected chi connectivity index (χ3v) is 5.78. The van der Waals surface area contributed by atoms with Crippen LogP contribution in [-0.2, 0) is 20.0 Å². The molecule has 0 spiro atoms. The summed E-state index contributed by atoms with van der Waals surface area (Å²) in [6, 6.07) is 0. The SMILES string of the molecule is O=S1(=O)[N-]S(=O)(=O)C2=C1CCC2. The lowest BCUT2D eigenvalue weighted by Gasteiger charge is -2.11. The first kappa shape index (κ1) is 8.21. The van der Waals surface area contributed by atoms with Crippen molar-refractivity contribution in [3.8, 4) is 0 Å². The minimum atomic E-state index is -3.81. The third-order valence-electron chi connectivity index (χ3n) is 1.94. The monoisotopic (exact) mass is 208 g/mol. The lowest BCUT2D eigenvalue weighted by Crippen LogP contribution is -1.98. The van der Waals surface area contributed by atoms with Crippen LogP contribution in [0, 0.1) is 0 Å². The summed E-state index contributed by atoms with van der Waals surface area (Å²) in [5.74, 6) is 0. The fourth-order valence-corrected chi connectivity index (χ4v) is 5.42. The van der Waals surface area contributed by atoms with Crippen LogP contribution >= 0.6 is 0 Å². The van der Waals surface area contributed by atoms with Gasteiger partial charge in [-0.2, -0.15) is 0 Å². The number of nitrogens with zero attached hydrogens (tertiary/aromatic N) is 1. The van der Waals surface area contributed by atoms with Crippen molar-refractivity contribution in [2.24, 2.45) is 0 Å². The summed E-state index contributed by atoms with van der Waals surface area (Å²) in [6.07, 6.45) is 1.24. The summed E-state index contributed by atoms with van der Waals surface area (Å²) in [6.45, 7) is 0. The van der Waals surface area contributed by atoms with Gasteiger partial charge in [0.2, 0.25) is 0 Å². The van der Waals surface area contributed by atoms with Gasteiger partial charge in [-0.05, 0) is 19.3 Å². The molecule has 1 aliphatic heterocycles. The molecule has 0 radical (unpaired) electrons. The molecule has 0 saturated carbocycles. The molecular weight excluding hydrogens is 202 g/mol. The number of rotatable bonds is 0. The highest BCUT2D eigenvalue weighted by atomic mass is 32.3. The van der Waals surface area contributed by atoms with E-state index in [4.69, 9.17) is 0 Å². The van der Waals surface area contributed by atoms with Crippen LogP contribution < -0.4 is 0 Å². The van der Waals surface area contributed by atoms with E-state index in [0.29, 0.717) is 19.3 Å². The van der Waals surface area contributed by atoms with Gasteiger partial charge in [0.25, 0.3) is 0 Å². The Kier molecular flexibility index (Phi) is 1.43. The Hall–Kier alpha value is -0.400. The van der Waals surface area contributed by atoms with E-state index in [2.05, 4.69) is 4.13 Å². The first-order chi connectivity index (χ1) is 5.43. The van der Waals surface area contributed by atoms with Crippen molar-refractivity contribution < 1.29 is 16.8 Å². The zero-order chi connectivity index (χ0) is 8.98. The second-order valence-electron chi connectivity index (χ2n) is 2.72. The molecule has 0 aromatic heterocycles. The third kappa shape index (κ3) is 0.932. The van der Waals surface area contributed by atoms with Gasteiger partial charge >= 0.3 is 0 Å². The summed E-state index contributed by atoms with van der Waals surface area (Å²) in [5, 5.41) is 0.